The molecular weight excluding hydrogens is 396 g/mol. The van der Waals surface area contributed by atoms with Crippen molar-refractivity contribution in [2.24, 2.45) is 5.73 Å². The highest BCUT2D eigenvalue weighted by Gasteiger charge is 2.26. The molecule has 3 aromatic heterocycles. The van der Waals surface area contributed by atoms with E-state index in [9.17, 15) is 9.59 Å². The van der Waals surface area contributed by atoms with Gasteiger partial charge >= 0.3 is 0 Å². The summed E-state index contributed by atoms with van der Waals surface area (Å²) in [5, 5.41) is 7.41. The zero-order valence-corrected chi connectivity index (χ0v) is 16.2. The molecule has 0 spiro atoms. The van der Waals surface area contributed by atoms with E-state index in [-0.39, 0.29) is 35.2 Å². The molecule has 29 heavy (non-hydrogen) atoms. The summed E-state index contributed by atoms with van der Waals surface area (Å²) in [7, 11) is 0. The zero-order valence-electron chi connectivity index (χ0n) is 15.4. The Balaban J connectivity index is 1.34. The second kappa shape index (κ2) is 8.04. The minimum Gasteiger partial charge on any atom is -0.474 e. The van der Waals surface area contributed by atoms with Gasteiger partial charge in [0.15, 0.2) is 5.65 Å². The van der Waals surface area contributed by atoms with Crippen LogP contribution in [0.4, 0.5) is 0 Å². The number of primary amides is 1. The molecule has 4 rings (SSSR count). The molecule has 9 nitrogen and oxygen atoms in total. The summed E-state index contributed by atoms with van der Waals surface area (Å²) >= 11 is 5.86. The maximum Gasteiger partial charge on any atom is 0.271 e. The number of imidazole rings is 1. The van der Waals surface area contributed by atoms with Gasteiger partial charge < -0.3 is 15.8 Å². The van der Waals surface area contributed by atoms with E-state index in [0.717, 1.165) is 25.7 Å². The lowest BCUT2D eigenvalue weighted by atomic mass is 9.93. The first-order valence-electron chi connectivity index (χ1n) is 9.24. The number of amides is 2. The quantitative estimate of drug-likeness (QED) is 0.657. The normalized spacial score (nSPS) is 19.1. The van der Waals surface area contributed by atoms with Gasteiger partial charge in [0.25, 0.3) is 11.8 Å². The molecule has 0 radical (unpaired) electrons. The summed E-state index contributed by atoms with van der Waals surface area (Å²) in [4.78, 5) is 32.4. The Hall–Kier alpha value is -3.20. The Bertz CT molecular complexity index is 1060. The van der Waals surface area contributed by atoms with Gasteiger partial charge in [-0.1, -0.05) is 11.6 Å². The smallest absolute Gasteiger partial charge is 0.271 e. The number of pyridine rings is 1. The lowest BCUT2D eigenvalue weighted by molar-refractivity contribution is 0.0877. The Morgan fingerprint density at radius 2 is 2.00 bits per heavy atom. The molecule has 0 bridgehead atoms. The molecule has 2 amide bonds. The third-order valence-electron chi connectivity index (χ3n) is 4.84. The Kier molecular flexibility index (Phi) is 5.30. The first-order chi connectivity index (χ1) is 14.0. The van der Waals surface area contributed by atoms with Crippen LogP contribution < -0.4 is 15.8 Å². The number of aromatic nitrogens is 4. The van der Waals surface area contributed by atoms with E-state index in [1.807, 2.05) is 0 Å². The molecule has 3 aromatic rings. The lowest BCUT2D eigenvalue weighted by Gasteiger charge is -2.29. The summed E-state index contributed by atoms with van der Waals surface area (Å²) in [5.74, 6) is -0.572. The summed E-state index contributed by atoms with van der Waals surface area (Å²) < 4.78 is 7.35. The summed E-state index contributed by atoms with van der Waals surface area (Å²) in [6, 6.07) is 6.57. The highest BCUT2D eigenvalue weighted by molar-refractivity contribution is 6.29. The standard InChI is InChI=1S/C19H19ClN6O3/c20-15-7-8-16-24-14(10-26(16)25-15)18(28)23-11-3-5-12(6-4-11)29-19-13(17(21)27)2-1-9-22-19/h1-2,7-12H,3-6H2,(H2,21,27)(H,23,28)/t11-,12-. The van der Waals surface area contributed by atoms with E-state index in [0.29, 0.717) is 10.8 Å². The van der Waals surface area contributed by atoms with Crippen molar-refractivity contribution < 1.29 is 14.3 Å². The molecule has 1 saturated carbocycles. The second-order valence-electron chi connectivity index (χ2n) is 6.87. The van der Waals surface area contributed by atoms with Crippen molar-refractivity contribution in [1.29, 1.82) is 0 Å². The van der Waals surface area contributed by atoms with Crippen LogP contribution in [0.5, 0.6) is 5.88 Å². The lowest BCUT2D eigenvalue weighted by Crippen LogP contribution is -2.40. The van der Waals surface area contributed by atoms with Gasteiger partial charge in [-0.05, 0) is 49.9 Å². The molecule has 150 valence electrons. The van der Waals surface area contributed by atoms with Crippen molar-refractivity contribution >= 4 is 29.1 Å². The van der Waals surface area contributed by atoms with Gasteiger partial charge in [-0.15, -0.1) is 0 Å². The van der Waals surface area contributed by atoms with Gasteiger partial charge in [0.2, 0.25) is 5.88 Å². The molecule has 0 aliphatic heterocycles. The van der Waals surface area contributed by atoms with Crippen LogP contribution >= 0.6 is 11.6 Å². The number of fused-ring (bicyclic) bond motifs is 1. The average molecular weight is 415 g/mol. The van der Waals surface area contributed by atoms with E-state index in [1.54, 1.807) is 36.7 Å². The van der Waals surface area contributed by atoms with Crippen molar-refractivity contribution in [3.05, 3.63) is 53.1 Å². The van der Waals surface area contributed by atoms with Crippen LogP contribution in [0.15, 0.2) is 36.7 Å². The number of hydrogen-bond acceptors (Lipinski definition) is 6. The number of nitrogens with two attached hydrogens (primary N) is 1. The van der Waals surface area contributed by atoms with Gasteiger partial charge in [-0.2, -0.15) is 5.10 Å². The van der Waals surface area contributed by atoms with Crippen LogP contribution in [0, 0.1) is 0 Å². The van der Waals surface area contributed by atoms with Crippen LogP contribution in [0.1, 0.15) is 46.5 Å². The number of rotatable bonds is 5. The molecule has 1 fully saturated rings. The number of ether oxygens (including phenoxy) is 1. The minimum absolute atomic E-state index is 0.0167. The topological polar surface area (TPSA) is 124 Å². The van der Waals surface area contributed by atoms with Crippen LogP contribution in [0.3, 0.4) is 0 Å². The number of carbonyl (C=O) groups is 2. The minimum atomic E-state index is -0.572. The molecule has 0 aromatic carbocycles. The molecule has 0 saturated heterocycles. The third kappa shape index (κ3) is 4.29. The molecule has 0 unspecified atom stereocenters. The number of nitrogens with one attached hydrogen (secondary N) is 1. The molecule has 3 heterocycles. The largest absolute Gasteiger partial charge is 0.474 e. The summed E-state index contributed by atoms with van der Waals surface area (Å²) in [5.41, 5.74) is 6.47. The van der Waals surface area contributed by atoms with E-state index in [1.165, 1.54) is 4.52 Å². The molecule has 0 atom stereocenters. The maximum atomic E-state index is 12.5. The van der Waals surface area contributed by atoms with E-state index >= 15 is 0 Å². The van der Waals surface area contributed by atoms with E-state index in [4.69, 9.17) is 22.1 Å². The SMILES string of the molecule is NC(=O)c1cccnc1O[C@H]1CC[C@H](NC(=O)c2cn3nc(Cl)ccc3n2)CC1. The van der Waals surface area contributed by atoms with Crippen LogP contribution in [0.2, 0.25) is 5.15 Å². The van der Waals surface area contributed by atoms with Gasteiger partial charge in [0.05, 0.1) is 6.20 Å². The van der Waals surface area contributed by atoms with Crippen molar-refractivity contribution in [2.75, 3.05) is 0 Å². The highest BCUT2D eigenvalue weighted by atomic mass is 35.5. The Morgan fingerprint density at radius 3 is 2.76 bits per heavy atom. The van der Waals surface area contributed by atoms with Crippen LogP contribution in [0.25, 0.3) is 5.65 Å². The van der Waals surface area contributed by atoms with E-state index in [2.05, 4.69) is 20.4 Å². The number of carbonyl (C=O) groups excluding carboxylic acids is 2. The predicted octanol–water partition coefficient (Wildman–Crippen LogP) is 2.00. The van der Waals surface area contributed by atoms with Gasteiger partial charge in [-0.3, -0.25) is 9.59 Å². The van der Waals surface area contributed by atoms with Gasteiger partial charge in [0.1, 0.15) is 22.5 Å². The number of halogens is 1. The fourth-order valence-electron chi connectivity index (χ4n) is 3.38. The molecular formula is C19H19ClN6O3. The monoisotopic (exact) mass is 414 g/mol. The first kappa shape index (κ1) is 19.1. The number of nitrogens with zero attached hydrogens (tertiary/aromatic N) is 4. The summed E-state index contributed by atoms with van der Waals surface area (Å²) in [6.07, 6.45) is 5.96. The second-order valence-corrected chi connectivity index (χ2v) is 7.26. The number of hydrogen-bond donors (Lipinski definition) is 2. The Morgan fingerprint density at radius 1 is 1.21 bits per heavy atom. The molecule has 10 heteroatoms. The average Bonchev–Trinajstić information content (AvgIpc) is 3.13. The van der Waals surface area contributed by atoms with Gasteiger partial charge in [0, 0.05) is 12.2 Å². The predicted molar refractivity (Wildman–Crippen MR) is 105 cm³/mol. The van der Waals surface area contributed by atoms with Crippen molar-refractivity contribution in [2.45, 2.75) is 37.8 Å². The first-order valence-corrected chi connectivity index (χ1v) is 9.61. The summed E-state index contributed by atoms with van der Waals surface area (Å²) in [6.45, 7) is 0. The van der Waals surface area contributed by atoms with Crippen molar-refractivity contribution in [3.63, 3.8) is 0 Å². The fraction of sp³-hybridized carbons (Fsp3) is 0.316. The van der Waals surface area contributed by atoms with E-state index < -0.39 is 5.91 Å². The van der Waals surface area contributed by atoms with Crippen molar-refractivity contribution in [3.8, 4) is 5.88 Å². The third-order valence-corrected chi connectivity index (χ3v) is 5.05. The highest BCUT2D eigenvalue weighted by Crippen LogP contribution is 2.25. The molecule has 1 aliphatic rings. The molecule has 1 aliphatic carbocycles. The van der Waals surface area contributed by atoms with Crippen LogP contribution in [-0.4, -0.2) is 43.5 Å². The fourth-order valence-corrected chi connectivity index (χ4v) is 3.53. The van der Waals surface area contributed by atoms with Crippen molar-refractivity contribution in [1.82, 2.24) is 24.9 Å². The van der Waals surface area contributed by atoms with Crippen LogP contribution in [-0.2, 0) is 0 Å². The Labute approximate surface area is 171 Å². The van der Waals surface area contributed by atoms with Gasteiger partial charge in [-0.25, -0.2) is 14.5 Å². The maximum absolute atomic E-state index is 12.5. The zero-order chi connectivity index (χ0) is 20.4. The molecule has 3 N–H and O–H groups in total.